The minimum atomic E-state index is -1.34. The van der Waals surface area contributed by atoms with Crippen molar-refractivity contribution in [3.05, 3.63) is 150 Å². The lowest BCUT2D eigenvalue weighted by atomic mass is 9.81. The molecule has 204 valence electrons. The zero-order chi connectivity index (χ0) is 28.9. The number of hydrogen-bond acceptors (Lipinski definition) is 4. The summed E-state index contributed by atoms with van der Waals surface area (Å²) in [4.78, 5) is 0. The van der Waals surface area contributed by atoms with Crippen LogP contribution in [0.25, 0.3) is 55.0 Å². The molecule has 0 radical (unpaired) electrons. The van der Waals surface area contributed by atoms with Crippen molar-refractivity contribution in [2.75, 3.05) is 0 Å². The molecule has 8 aromatic rings. The second-order valence-electron chi connectivity index (χ2n) is 9.65. The molecule has 42 heavy (non-hydrogen) atoms. The number of rotatable bonds is 2. The first kappa shape index (κ1) is 27.5. The Morgan fingerprint density at radius 1 is 0.452 bits per heavy atom. The Morgan fingerprint density at radius 2 is 0.929 bits per heavy atom. The van der Waals surface area contributed by atoms with E-state index < -0.39 is 7.12 Å². The molecule has 0 amide bonds. The molecule has 0 spiro atoms. The fraction of sp³-hybridized carbons (Fsp3) is 0. The maximum Gasteiger partial charge on any atom is 0.488 e. The van der Waals surface area contributed by atoms with E-state index in [1.807, 2.05) is 60.7 Å². The highest BCUT2D eigenvalue weighted by molar-refractivity contribution is 9.10. The second kappa shape index (κ2) is 12.5. The summed E-state index contributed by atoms with van der Waals surface area (Å²) in [7, 11) is -1.34. The Kier molecular flexibility index (Phi) is 8.20. The molecule has 0 saturated heterocycles. The summed E-state index contributed by atoms with van der Waals surface area (Å²) in [6.45, 7) is 0. The molecule has 0 fully saturated rings. The number of halogens is 1. The first-order chi connectivity index (χ1) is 20.6. The van der Waals surface area contributed by atoms with E-state index in [4.69, 9.17) is 18.9 Å². The van der Waals surface area contributed by atoms with E-state index in [2.05, 4.69) is 76.6 Å². The second-order valence-corrected chi connectivity index (χ2v) is 10.5. The Hall–Kier alpha value is -4.62. The molecule has 2 aromatic heterocycles. The zero-order valence-electron chi connectivity index (χ0n) is 22.5. The van der Waals surface area contributed by atoms with Crippen molar-refractivity contribution in [3.8, 4) is 11.1 Å². The molecule has 0 aliphatic rings. The van der Waals surface area contributed by atoms with Crippen molar-refractivity contribution in [2.24, 2.45) is 0 Å². The van der Waals surface area contributed by atoms with Gasteiger partial charge in [0.15, 0.2) is 0 Å². The Labute approximate surface area is 251 Å². The van der Waals surface area contributed by atoms with Gasteiger partial charge in [-0.15, -0.1) is 0 Å². The number of para-hydroxylation sites is 4. The van der Waals surface area contributed by atoms with Crippen LogP contribution in [0.15, 0.2) is 159 Å². The Balaban J connectivity index is 0.000000121. The van der Waals surface area contributed by atoms with Crippen molar-refractivity contribution in [1.29, 1.82) is 0 Å². The molecular formula is C36H26BBrO4. The summed E-state index contributed by atoms with van der Waals surface area (Å²) in [6, 6.07) is 47.7. The molecule has 6 heteroatoms. The summed E-state index contributed by atoms with van der Waals surface area (Å²) >= 11 is 3.48. The number of benzene rings is 6. The minimum Gasteiger partial charge on any atom is -0.455 e. The third-order valence-corrected chi connectivity index (χ3v) is 7.57. The van der Waals surface area contributed by atoms with Gasteiger partial charge in [0.05, 0.1) is 4.47 Å². The SMILES string of the molecule is Brc1cccc2c1oc1ccccc12.OB(O)c1ccccc1.c1ccc(-c2cccc3c2oc2ccccc23)cc1. The van der Waals surface area contributed by atoms with Crippen LogP contribution in [0.1, 0.15) is 0 Å². The summed E-state index contributed by atoms with van der Waals surface area (Å²) in [5.74, 6) is 0. The predicted molar refractivity (Wildman–Crippen MR) is 177 cm³/mol. The standard InChI is InChI=1S/C18H12O.C12H7BrO.C6H7BO2/c1-2-7-13(8-3-1)14-10-6-11-16-15-9-4-5-12-17(15)19-18(14)16;13-10-6-3-5-9-8-4-1-2-7-11(8)14-12(9)10;8-7(9)6-4-2-1-3-5-6/h1-12H;1-7H;1-5,8-9H. The van der Waals surface area contributed by atoms with E-state index >= 15 is 0 Å². The lowest BCUT2D eigenvalue weighted by molar-refractivity contribution is 0.426. The van der Waals surface area contributed by atoms with Crippen LogP contribution in [-0.2, 0) is 0 Å². The lowest BCUT2D eigenvalue weighted by Crippen LogP contribution is -2.29. The summed E-state index contributed by atoms with van der Waals surface area (Å²) in [5.41, 5.74) is 6.64. The zero-order valence-corrected chi connectivity index (χ0v) is 24.1. The van der Waals surface area contributed by atoms with Gasteiger partial charge in [0.25, 0.3) is 0 Å². The molecule has 8 rings (SSSR count). The molecule has 0 bridgehead atoms. The highest BCUT2D eigenvalue weighted by Gasteiger charge is 2.11. The van der Waals surface area contributed by atoms with Crippen molar-refractivity contribution in [1.82, 2.24) is 0 Å². The van der Waals surface area contributed by atoms with Crippen molar-refractivity contribution in [2.45, 2.75) is 0 Å². The quantitative estimate of drug-likeness (QED) is 0.191. The van der Waals surface area contributed by atoms with Crippen LogP contribution in [-0.4, -0.2) is 17.2 Å². The van der Waals surface area contributed by atoms with Crippen LogP contribution in [0.2, 0.25) is 0 Å². The minimum absolute atomic E-state index is 0.525. The van der Waals surface area contributed by atoms with Crippen LogP contribution >= 0.6 is 15.9 Å². The summed E-state index contributed by atoms with van der Waals surface area (Å²) < 4.78 is 12.8. The Bertz CT molecular complexity index is 2080. The van der Waals surface area contributed by atoms with Gasteiger partial charge >= 0.3 is 7.12 Å². The van der Waals surface area contributed by atoms with Crippen molar-refractivity contribution >= 4 is 72.4 Å². The smallest absolute Gasteiger partial charge is 0.455 e. The molecule has 6 aromatic carbocycles. The van der Waals surface area contributed by atoms with Crippen LogP contribution in [0.5, 0.6) is 0 Å². The fourth-order valence-corrected chi connectivity index (χ4v) is 5.38. The van der Waals surface area contributed by atoms with Crippen molar-refractivity contribution in [3.63, 3.8) is 0 Å². The molecule has 0 aliphatic carbocycles. The topological polar surface area (TPSA) is 66.7 Å². The van der Waals surface area contributed by atoms with E-state index in [0.717, 1.165) is 37.8 Å². The van der Waals surface area contributed by atoms with Gasteiger partial charge in [0.1, 0.15) is 22.3 Å². The maximum atomic E-state index is 8.58. The van der Waals surface area contributed by atoms with Crippen molar-refractivity contribution < 1.29 is 18.9 Å². The van der Waals surface area contributed by atoms with Gasteiger partial charge < -0.3 is 18.9 Å². The van der Waals surface area contributed by atoms with E-state index in [9.17, 15) is 0 Å². The molecule has 0 saturated carbocycles. The first-order valence-electron chi connectivity index (χ1n) is 13.5. The fourth-order valence-electron chi connectivity index (χ4n) is 4.93. The predicted octanol–water partition coefficient (Wildman–Crippen LogP) is 8.97. The lowest BCUT2D eigenvalue weighted by Gasteiger charge is -2.01. The average Bonchev–Trinajstić information content (AvgIpc) is 3.62. The van der Waals surface area contributed by atoms with Crippen LogP contribution in [0.3, 0.4) is 0 Å². The first-order valence-corrected chi connectivity index (χ1v) is 14.3. The molecule has 0 unspecified atom stereocenters. The summed E-state index contributed by atoms with van der Waals surface area (Å²) in [5, 5.41) is 21.8. The third kappa shape index (κ3) is 5.74. The van der Waals surface area contributed by atoms with E-state index in [0.29, 0.717) is 5.46 Å². The van der Waals surface area contributed by atoms with E-state index in [-0.39, 0.29) is 0 Å². The van der Waals surface area contributed by atoms with Gasteiger partial charge in [0.2, 0.25) is 0 Å². The van der Waals surface area contributed by atoms with Gasteiger partial charge in [0, 0.05) is 27.1 Å². The third-order valence-electron chi connectivity index (χ3n) is 6.94. The molecule has 0 atom stereocenters. The van der Waals surface area contributed by atoms with E-state index in [1.54, 1.807) is 24.3 Å². The van der Waals surface area contributed by atoms with Crippen LogP contribution in [0.4, 0.5) is 0 Å². The highest BCUT2D eigenvalue weighted by Crippen LogP contribution is 2.35. The molecule has 4 nitrogen and oxygen atoms in total. The van der Waals surface area contributed by atoms with Crippen LogP contribution < -0.4 is 5.46 Å². The molecule has 0 aliphatic heterocycles. The normalized spacial score (nSPS) is 10.7. The highest BCUT2D eigenvalue weighted by atomic mass is 79.9. The molecular weight excluding hydrogens is 587 g/mol. The van der Waals surface area contributed by atoms with Gasteiger partial charge in [-0.3, -0.25) is 0 Å². The maximum absolute atomic E-state index is 8.58. The summed E-state index contributed by atoms with van der Waals surface area (Å²) in [6.07, 6.45) is 0. The number of furan rings is 2. The number of hydrogen-bond donors (Lipinski definition) is 2. The molecule has 2 N–H and O–H groups in total. The largest absolute Gasteiger partial charge is 0.488 e. The Morgan fingerprint density at radius 3 is 1.52 bits per heavy atom. The monoisotopic (exact) mass is 612 g/mol. The average molecular weight is 613 g/mol. The van der Waals surface area contributed by atoms with Gasteiger partial charge in [-0.2, -0.15) is 0 Å². The number of fused-ring (bicyclic) bond motifs is 6. The molecule has 2 heterocycles. The van der Waals surface area contributed by atoms with Gasteiger partial charge in [-0.25, -0.2) is 0 Å². The van der Waals surface area contributed by atoms with Crippen LogP contribution in [0, 0.1) is 0 Å². The van der Waals surface area contributed by atoms with E-state index in [1.165, 1.54) is 21.7 Å². The van der Waals surface area contributed by atoms with Gasteiger partial charge in [-0.05, 0) is 45.2 Å². The van der Waals surface area contributed by atoms with Gasteiger partial charge in [-0.1, -0.05) is 127 Å².